The number of aromatic amines is 1. The third-order valence-corrected chi connectivity index (χ3v) is 3.01. The monoisotopic (exact) mass is 283 g/mol. The number of alkyl halides is 3. The van der Waals surface area contributed by atoms with Gasteiger partial charge in [-0.15, -0.1) is 0 Å². The quantitative estimate of drug-likeness (QED) is 0.898. The van der Waals surface area contributed by atoms with E-state index < -0.39 is 11.7 Å². The first-order chi connectivity index (χ1) is 9.29. The number of rotatable bonds is 3. The van der Waals surface area contributed by atoms with Crippen LogP contribution in [0.3, 0.4) is 0 Å². The maximum absolute atomic E-state index is 12.5. The molecule has 0 aliphatic rings. The molecule has 0 fully saturated rings. The van der Waals surface area contributed by atoms with Crippen LogP contribution in [-0.4, -0.2) is 10.2 Å². The molecule has 0 amide bonds. The van der Waals surface area contributed by atoms with Crippen molar-refractivity contribution in [1.29, 1.82) is 0 Å². The molecule has 0 radical (unpaired) electrons. The van der Waals surface area contributed by atoms with Gasteiger partial charge in [-0.25, -0.2) is 0 Å². The summed E-state index contributed by atoms with van der Waals surface area (Å²) < 4.78 is 37.6. The van der Waals surface area contributed by atoms with Gasteiger partial charge in [0.05, 0.1) is 11.3 Å². The second-order valence-corrected chi connectivity index (χ2v) is 5.14. The summed E-state index contributed by atoms with van der Waals surface area (Å²) in [5.74, 6) is 0.775. The van der Waals surface area contributed by atoms with E-state index in [2.05, 4.69) is 10.2 Å². The fourth-order valence-electron chi connectivity index (χ4n) is 2.06. The van der Waals surface area contributed by atoms with Crippen LogP contribution in [0.1, 0.15) is 25.0 Å². The topological polar surface area (TPSA) is 54.7 Å². The van der Waals surface area contributed by atoms with Crippen molar-refractivity contribution in [3.05, 3.63) is 35.4 Å². The normalized spacial score (nSPS) is 12.1. The second kappa shape index (κ2) is 5.19. The van der Waals surface area contributed by atoms with Crippen molar-refractivity contribution in [2.45, 2.75) is 26.4 Å². The molecule has 0 unspecified atom stereocenters. The smallest absolute Gasteiger partial charge is 0.382 e. The molecule has 3 N–H and O–H groups in total. The number of nitrogens with one attached hydrogen (secondary N) is 1. The van der Waals surface area contributed by atoms with E-state index in [1.807, 2.05) is 13.8 Å². The van der Waals surface area contributed by atoms with Crippen LogP contribution >= 0.6 is 0 Å². The van der Waals surface area contributed by atoms with Gasteiger partial charge in [0.1, 0.15) is 5.82 Å². The molecule has 0 spiro atoms. The summed E-state index contributed by atoms with van der Waals surface area (Å²) in [5.41, 5.74) is 7.32. The lowest BCUT2D eigenvalue weighted by Crippen LogP contribution is -2.04. The molecule has 2 aromatic rings. The van der Waals surface area contributed by atoms with Gasteiger partial charge in [0.15, 0.2) is 0 Å². The molecule has 6 heteroatoms. The maximum atomic E-state index is 12.5. The van der Waals surface area contributed by atoms with Crippen molar-refractivity contribution >= 4 is 5.82 Å². The van der Waals surface area contributed by atoms with Crippen molar-refractivity contribution in [2.24, 2.45) is 5.92 Å². The molecule has 0 atom stereocenters. The largest absolute Gasteiger partial charge is 0.416 e. The fourth-order valence-corrected chi connectivity index (χ4v) is 2.06. The predicted octanol–water partition coefficient (Wildman–Crippen LogP) is 3.88. The SMILES string of the molecule is CC(C)Cc1c(N)n[nH]c1-c1ccc(C(F)(F)F)cc1. The molecule has 0 bridgehead atoms. The average molecular weight is 283 g/mol. The fraction of sp³-hybridized carbons (Fsp3) is 0.357. The third kappa shape index (κ3) is 2.95. The number of benzene rings is 1. The second-order valence-electron chi connectivity index (χ2n) is 5.14. The van der Waals surface area contributed by atoms with E-state index in [0.717, 1.165) is 24.1 Å². The first kappa shape index (κ1) is 14.4. The minimum absolute atomic E-state index is 0.378. The Morgan fingerprint density at radius 1 is 1.20 bits per heavy atom. The van der Waals surface area contributed by atoms with Gasteiger partial charge in [-0.1, -0.05) is 26.0 Å². The predicted molar refractivity (Wildman–Crippen MR) is 72.0 cm³/mol. The third-order valence-electron chi connectivity index (χ3n) is 3.01. The highest BCUT2D eigenvalue weighted by Gasteiger charge is 2.30. The number of anilines is 1. The molecule has 0 aliphatic carbocycles. The van der Waals surface area contributed by atoms with Gasteiger partial charge in [0.25, 0.3) is 0 Å². The van der Waals surface area contributed by atoms with Crippen LogP contribution in [-0.2, 0) is 12.6 Å². The Morgan fingerprint density at radius 3 is 2.30 bits per heavy atom. The summed E-state index contributed by atoms with van der Waals surface area (Å²) >= 11 is 0. The minimum atomic E-state index is -4.33. The Kier molecular flexibility index (Phi) is 3.74. The lowest BCUT2D eigenvalue weighted by molar-refractivity contribution is -0.137. The van der Waals surface area contributed by atoms with E-state index in [0.29, 0.717) is 23.0 Å². The van der Waals surface area contributed by atoms with Crippen LogP contribution in [0, 0.1) is 5.92 Å². The molecule has 2 rings (SSSR count). The Labute approximate surface area is 115 Å². The van der Waals surface area contributed by atoms with Gasteiger partial charge in [-0.3, -0.25) is 5.10 Å². The molecule has 0 aliphatic heterocycles. The van der Waals surface area contributed by atoms with E-state index in [1.54, 1.807) is 0 Å². The van der Waals surface area contributed by atoms with E-state index in [4.69, 9.17) is 5.73 Å². The van der Waals surface area contributed by atoms with E-state index >= 15 is 0 Å². The number of hydrogen-bond acceptors (Lipinski definition) is 2. The molecular formula is C14H16F3N3. The highest BCUT2D eigenvalue weighted by Crippen LogP contribution is 2.32. The molecule has 1 aromatic heterocycles. The highest BCUT2D eigenvalue weighted by atomic mass is 19.4. The molecule has 1 heterocycles. The van der Waals surface area contributed by atoms with Gasteiger partial charge >= 0.3 is 6.18 Å². The number of aromatic nitrogens is 2. The van der Waals surface area contributed by atoms with Gasteiger partial charge in [0.2, 0.25) is 0 Å². The Bertz CT molecular complexity index is 583. The zero-order valence-corrected chi connectivity index (χ0v) is 11.3. The van der Waals surface area contributed by atoms with E-state index in [9.17, 15) is 13.2 Å². The number of hydrogen-bond donors (Lipinski definition) is 2. The number of H-pyrrole nitrogens is 1. The minimum Gasteiger partial charge on any atom is -0.382 e. The number of nitrogens with two attached hydrogens (primary N) is 1. The molecule has 0 saturated heterocycles. The van der Waals surface area contributed by atoms with Crippen molar-refractivity contribution in [1.82, 2.24) is 10.2 Å². The van der Waals surface area contributed by atoms with E-state index in [-0.39, 0.29) is 0 Å². The summed E-state index contributed by atoms with van der Waals surface area (Å²) in [6.45, 7) is 4.09. The molecule has 3 nitrogen and oxygen atoms in total. The lowest BCUT2D eigenvalue weighted by Gasteiger charge is -2.09. The van der Waals surface area contributed by atoms with Crippen LogP contribution in [0.2, 0.25) is 0 Å². The maximum Gasteiger partial charge on any atom is 0.416 e. The molecule has 108 valence electrons. The molecule has 0 saturated carbocycles. The molecule has 1 aromatic carbocycles. The zero-order chi connectivity index (χ0) is 14.9. The summed E-state index contributed by atoms with van der Waals surface area (Å²) in [4.78, 5) is 0. The van der Waals surface area contributed by atoms with Crippen LogP contribution in [0.5, 0.6) is 0 Å². The van der Waals surface area contributed by atoms with Gasteiger partial charge in [-0.05, 0) is 30.0 Å². The first-order valence-electron chi connectivity index (χ1n) is 6.29. The molecule has 20 heavy (non-hydrogen) atoms. The van der Waals surface area contributed by atoms with Crippen molar-refractivity contribution in [3.63, 3.8) is 0 Å². The van der Waals surface area contributed by atoms with Gasteiger partial charge in [0, 0.05) is 5.56 Å². The van der Waals surface area contributed by atoms with Crippen molar-refractivity contribution in [3.8, 4) is 11.3 Å². The molecular weight excluding hydrogens is 267 g/mol. The van der Waals surface area contributed by atoms with Crippen LogP contribution in [0.25, 0.3) is 11.3 Å². The van der Waals surface area contributed by atoms with E-state index in [1.165, 1.54) is 12.1 Å². The standard InChI is InChI=1S/C14H16F3N3/c1-8(2)7-11-12(19-20-13(11)18)9-3-5-10(6-4-9)14(15,16)17/h3-6,8H,7H2,1-2H3,(H3,18,19,20). The van der Waals surface area contributed by atoms with Gasteiger partial charge in [-0.2, -0.15) is 18.3 Å². The first-order valence-corrected chi connectivity index (χ1v) is 6.29. The van der Waals surface area contributed by atoms with Crippen LogP contribution < -0.4 is 5.73 Å². The Morgan fingerprint density at radius 2 is 1.80 bits per heavy atom. The average Bonchev–Trinajstić information content (AvgIpc) is 2.70. The summed E-state index contributed by atoms with van der Waals surface area (Å²) in [7, 11) is 0. The van der Waals surface area contributed by atoms with Crippen LogP contribution in [0.15, 0.2) is 24.3 Å². The summed E-state index contributed by atoms with van der Waals surface area (Å²) in [6, 6.07) is 4.98. The van der Waals surface area contributed by atoms with Crippen molar-refractivity contribution in [2.75, 3.05) is 5.73 Å². The summed E-state index contributed by atoms with van der Waals surface area (Å²) in [6.07, 6.45) is -3.61. The summed E-state index contributed by atoms with van der Waals surface area (Å²) in [5, 5.41) is 6.75. The number of halogens is 3. The van der Waals surface area contributed by atoms with Gasteiger partial charge < -0.3 is 5.73 Å². The highest BCUT2D eigenvalue weighted by molar-refractivity contribution is 5.68. The Hall–Kier alpha value is -1.98. The lowest BCUT2D eigenvalue weighted by atomic mass is 9.98. The zero-order valence-electron chi connectivity index (χ0n) is 11.3. The number of nitrogen functional groups attached to an aromatic ring is 1. The van der Waals surface area contributed by atoms with Crippen molar-refractivity contribution < 1.29 is 13.2 Å². The van der Waals surface area contributed by atoms with Crippen LogP contribution in [0.4, 0.5) is 19.0 Å². The Balaban J connectivity index is 2.37. The number of nitrogens with zero attached hydrogens (tertiary/aromatic N) is 1.